The van der Waals surface area contributed by atoms with E-state index >= 15 is 0 Å². The van der Waals surface area contributed by atoms with Crippen LogP contribution >= 0.6 is 0 Å². The summed E-state index contributed by atoms with van der Waals surface area (Å²) < 4.78 is 18.2. The molecule has 2 amide bonds. The Hall–Kier alpha value is -2.89. The van der Waals surface area contributed by atoms with E-state index in [0.29, 0.717) is 18.7 Å². The first-order valence-corrected chi connectivity index (χ1v) is 8.03. The van der Waals surface area contributed by atoms with E-state index < -0.39 is 11.9 Å². The lowest BCUT2D eigenvalue weighted by atomic mass is 10.1. The lowest BCUT2D eigenvalue weighted by molar-refractivity contribution is -0.124. The molecule has 1 aliphatic heterocycles. The number of hydrogen-bond acceptors (Lipinski definition) is 3. The molecule has 1 fully saturated rings. The molecule has 0 saturated carbocycles. The number of piperazine rings is 1. The molecule has 0 bridgehead atoms. The predicted octanol–water partition coefficient (Wildman–Crippen LogP) is 2.71. The number of benzene rings is 2. The molecular formula is C19H19FN2O3. The quantitative estimate of drug-likeness (QED) is 0.862. The molecule has 0 N–H and O–H groups in total. The van der Waals surface area contributed by atoms with Crippen LogP contribution in [0.2, 0.25) is 0 Å². The molecule has 1 aliphatic rings. The van der Waals surface area contributed by atoms with Crippen LogP contribution in [0.5, 0.6) is 5.75 Å². The smallest absolute Gasteiger partial charge is 0.254 e. The van der Waals surface area contributed by atoms with E-state index in [1.807, 2.05) is 12.1 Å². The van der Waals surface area contributed by atoms with Gasteiger partial charge in [0.1, 0.15) is 17.6 Å². The average Bonchev–Trinajstić information content (AvgIpc) is 2.64. The number of halogens is 1. The van der Waals surface area contributed by atoms with Crippen molar-refractivity contribution in [1.82, 2.24) is 4.90 Å². The molecule has 0 spiro atoms. The van der Waals surface area contributed by atoms with E-state index in [2.05, 4.69) is 0 Å². The first kappa shape index (κ1) is 17.0. The van der Waals surface area contributed by atoms with Gasteiger partial charge in [-0.25, -0.2) is 4.39 Å². The maximum absolute atomic E-state index is 13.0. The minimum Gasteiger partial charge on any atom is -0.497 e. The standard InChI is InChI=1S/C19H19FN2O3/c1-13-18(23)22(16-7-9-17(25-2)10-8-16)12-11-21(13)19(24)14-3-5-15(20)6-4-14/h3-10,13H,11-12H2,1-2H3. The van der Waals surface area contributed by atoms with Crippen molar-refractivity contribution < 1.29 is 18.7 Å². The van der Waals surface area contributed by atoms with E-state index in [9.17, 15) is 14.0 Å². The second-order valence-corrected chi connectivity index (χ2v) is 5.87. The van der Waals surface area contributed by atoms with Gasteiger partial charge < -0.3 is 14.5 Å². The molecule has 3 rings (SSSR count). The minimum absolute atomic E-state index is 0.146. The van der Waals surface area contributed by atoms with Crippen molar-refractivity contribution in [3.63, 3.8) is 0 Å². The number of carbonyl (C=O) groups excluding carboxylic acids is 2. The van der Waals surface area contributed by atoms with Gasteiger partial charge in [0.2, 0.25) is 5.91 Å². The van der Waals surface area contributed by atoms with Crippen LogP contribution in [0.1, 0.15) is 17.3 Å². The van der Waals surface area contributed by atoms with Gasteiger partial charge in [-0.15, -0.1) is 0 Å². The summed E-state index contributed by atoms with van der Waals surface area (Å²) in [5.41, 5.74) is 1.14. The molecule has 25 heavy (non-hydrogen) atoms. The van der Waals surface area contributed by atoms with Gasteiger partial charge in [-0.1, -0.05) is 0 Å². The van der Waals surface area contributed by atoms with Gasteiger partial charge in [-0.3, -0.25) is 9.59 Å². The summed E-state index contributed by atoms with van der Waals surface area (Å²) in [7, 11) is 1.59. The molecule has 1 saturated heterocycles. The fraction of sp³-hybridized carbons (Fsp3) is 0.263. The Morgan fingerprint density at radius 3 is 2.32 bits per heavy atom. The summed E-state index contributed by atoms with van der Waals surface area (Å²) in [6.07, 6.45) is 0. The zero-order chi connectivity index (χ0) is 18.0. The number of methoxy groups -OCH3 is 1. The molecular weight excluding hydrogens is 323 g/mol. The summed E-state index contributed by atoms with van der Waals surface area (Å²) in [4.78, 5) is 28.5. The fourth-order valence-electron chi connectivity index (χ4n) is 2.92. The third-order valence-corrected chi connectivity index (χ3v) is 4.39. The highest BCUT2D eigenvalue weighted by Gasteiger charge is 2.35. The lowest BCUT2D eigenvalue weighted by Gasteiger charge is -2.39. The maximum Gasteiger partial charge on any atom is 0.254 e. The number of nitrogens with zero attached hydrogens (tertiary/aromatic N) is 2. The molecule has 1 unspecified atom stereocenters. The van der Waals surface area contributed by atoms with Crippen molar-refractivity contribution in [2.24, 2.45) is 0 Å². The largest absolute Gasteiger partial charge is 0.497 e. The molecule has 0 radical (unpaired) electrons. The summed E-state index contributed by atoms with van der Waals surface area (Å²) in [5, 5.41) is 0. The predicted molar refractivity (Wildman–Crippen MR) is 92.2 cm³/mol. The number of anilines is 1. The Labute approximate surface area is 145 Å². The van der Waals surface area contributed by atoms with E-state index in [4.69, 9.17) is 4.74 Å². The molecule has 2 aromatic carbocycles. The molecule has 2 aromatic rings. The summed E-state index contributed by atoms with van der Waals surface area (Å²) in [6.45, 7) is 2.52. The maximum atomic E-state index is 13.0. The van der Waals surface area contributed by atoms with Gasteiger partial charge in [-0.2, -0.15) is 0 Å². The number of amides is 2. The molecule has 1 heterocycles. The van der Waals surface area contributed by atoms with Crippen molar-refractivity contribution in [3.8, 4) is 5.75 Å². The van der Waals surface area contributed by atoms with Gasteiger partial charge >= 0.3 is 0 Å². The van der Waals surface area contributed by atoms with Crippen molar-refractivity contribution in [3.05, 3.63) is 59.9 Å². The van der Waals surface area contributed by atoms with Crippen molar-refractivity contribution in [2.75, 3.05) is 25.1 Å². The van der Waals surface area contributed by atoms with E-state index in [0.717, 1.165) is 11.4 Å². The number of rotatable bonds is 3. The Kier molecular flexibility index (Phi) is 4.70. The summed E-state index contributed by atoms with van der Waals surface area (Å²) >= 11 is 0. The Bertz CT molecular complexity index is 774. The number of hydrogen-bond donors (Lipinski definition) is 0. The normalized spacial score (nSPS) is 17.6. The Balaban J connectivity index is 1.76. The van der Waals surface area contributed by atoms with E-state index in [1.165, 1.54) is 29.2 Å². The van der Waals surface area contributed by atoms with Crippen LogP contribution < -0.4 is 9.64 Å². The highest BCUT2D eigenvalue weighted by molar-refractivity contribution is 6.03. The van der Waals surface area contributed by atoms with Crippen molar-refractivity contribution >= 4 is 17.5 Å². The third-order valence-electron chi connectivity index (χ3n) is 4.39. The van der Waals surface area contributed by atoms with Crippen LogP contribution in [-0.4, -0.2) is 43.0 Å². The summed E-state index contributed by atoms with van der Waals surface area (Å²) in [6, 6.07) is 12.0. The van der Waals surface area contributed by atoms with Gasteiger partial charge in [0.15, 0.2) is 0 Å². The molecule has 6 heteroatoms. The molecule has 5 nitrogen and oxygen atoms in total. The topological polar surface area (TPSA) is 49.9 Å². The van der Waals surface area contributed by atoms with Crippen molar-refractivity contribution in [2.45, 2.75) is 13.0 Å². The van der Waals surface area contributed by atoms with Gasteiger partial charge in [0, 0.05) is 24.3 Å². The van der Waals surface area contributed by atoms with Crippen LogP contribution in [0.3, 0.4) is 0 Å². The second-order valence-electron chi connectivity index (χ2n) is 5.87. The zero-order valence-electron chi connectivity index (χ0n) is 14.1. The summed E-state index contributed by atoms with van der Waals surface area (Å²) in [5.74, 6) is -0.0959. The van der Waals surface area contributed by atoms with E-state index in [1.54, 1.807) is 31.1 Å². The molecule has 1 atom stereocenters. The monoisotopic (exact) mass is 342 g/mol. The number of ether oxygens (including phenoxy) is 1. The average molecular weight is 342 g/mol. The lowest BCUT2D eigenvalue weighted by Crippen LogP contribution is -2.57. The van der Waals surface area contributed by atoms with Crippen LogP contribution in [0, 0.1) is 5.82 Å². The number of carbonyl (C=O) groups is 2. The van der Waals surface area contributed by atoms with E-state index in [-0.39, 0.29) is 11.8 Å². The Morgan fingerprint density at radius 1 is 1.08 bits per heavy atom. The highest BCUT2D eigenvalue weighted by atomic mass is 19.1. The second kappa shape index (κ2) is 6.93. The van der Waals surface area contributed by atoms with Crippen LogP contribution in [0.25, 0.3) is 0 Å². The van der Waals surface area contributed by atoms with Gasteiger partial charge in [0.05, 0.1) is 7.11 Å². The van der Waals surface area contributed by atoms with Gasteiger partial charge in [-0.05, 0) is 55.5 Å². The first-order valence-electron chi connectivity index (χ1n) is 8.03. The molecule has 0 aromatic heterocycles. The van der Waals surface area contributed by atoms with Crippen LogP contribution in [-0.2, 0) is 4.79 Å². The Morgan fingerprint density at radius 2 is 1.72 bits per heavy atom. The molecule has 130 valence electrons. The van der Waals surface area contributed by atoms with Crippen LogP contribution in [0.15, 0.2) is 48.5 Å². The van der Waals surface area contributed by atoms with Crippen LogP contribution in [0.4, 0.5) is 10.1 Å². The zero-order valence-corrected chi connectivity index (χ0v) is 14.1. The minimum atomic E-state index is -0.589. The SMILES string of the molecule is COc1ccc(N2CCN(C(=O)c3ccc(F)cc3)C(C)C2=O)cc1. The highest BCUT2D eigenvalue weighted by Crippen LogP contribution is 2.24. The van der Waals surface area contributed by atoms with Gasteiger partial charge in [0.25, 0.3) is 5.91 Å². The van der Waals surface area contributed by atoms with Crippen molar-refractivity contribution in [1.29, 1.82) is 0 Å². The third kappa shape index (κ3) is 3.33. The molecule has 0 aliphatic carbocycles. The fourth-order valence-corrected chi connectivity index (χ4v) is 2.92. The first-order chi connectivity index (χ1) is 12.0.